The predicted molar refractivity (Wildman–Crippen MR) is 117 cm³/mol. The molecule has 1 saturated heterocycles. The molecule has 0 spiro atoms. The third-order valence-electron chi connectivity index (χ3n) is 6.35. The van der Waals surface area contributed by atoms with Gasteiger partial charge < -0.3 is 9.80 Å². The highest BCUT2D eigenvalue weighted by Gasteiger charge is 2.32. The van der Waals surface area contributed by atoms with Crippen molar-refractivity contribution in [3.05, 3.63) is 65.5 Å². The van der Waals surface area contributed by atoms with Crippen LogP contribution in [0.4, 0.5) is 0 Å². The summed E-state index contributed by atoms with van der Waals surface area (Å²) in [5.74, 6) is 1.03. The molecule has 2 fully saturated rings. The molecule has 0 unspecified atom stereocenters. The molecular weight excluding hydrogens is 374 g/mol. The Bertz CT molecular complexity index is 854. The summed E-state index contributed by atoms with van der Waals surface area (Å²) in [5, 5.41) is 0. The van der Waals surface area contributed by atoms with E-state index in [2.05, 4.69) is 29.2 Å². The molecule has 4 rings (SSSR count). The van der Waals surface area contributed by atoms with E-state index in [0.717, 1.165) is 50.8 Å². The van der Waals surface area contributed by atoms with E-state index in [9.17, 15) is 9.59 Å². The van der Waals surface area contributed by atoms with Crippen LogP contribution in [0, 0.1) is 5.92 Å². The van der Waals surface area contributed by atoms with Gasteiger partial charge in [0.1, 0.15) is 0 Å². The Morgan fingerprint density at radius 3 is 2.30 bits per heavy atom. The predicted octanol–water partition coefficient (Wildman–Crippen LogP) is 3.62. The number of hydrogen-bond donors (Lipinski definition) is 0. The fraction of sp³-hybridized carbons (Fsp3) is 0.480. The van der Waals surface area contributed by atoms with Crippen molar-refractivity contribution in [2.45, 2.75) is 58.0 Å². The molecule has 2 aliphatic rings. The van der Waals surface area contributed by atoms with Crippen molar-refractivity contribution in [1.82, 2.24) is 14.8 Å². The highest BCUT2D eigenvalue weighted by Crippen LogP contribution is 2.29. The van der Waals surface area contributed by atoms with Gasteiger partial charge in [0.15, 0.2) is 0 Å². The van der Waals surface area contributed by atoms with Crippen molar-refractivity contribution >= 4 is 11.8 Å². The van der Waals surface area contributed by atoms with Crippen LogP contribution >= 0.6 is 0 Å². The lowest BCUT2D eigenvalue weighted by molar-refractivity contribution is -0.132. The standard InChI is InChI=1S/C25H31N3O2/c1-19(29)27-13-10-21(11-14-27)15-20-4-6-22(7-5-20)18-28(24-8-9-24)25(30)16-23-3-2-12-26-17-23/h2-7,12,17,21,24H,8-11,13-16,18H2,1H3. The summed E-state index contributed by atoms with van der Waals surface area (Å²) in [4.78, 5) is 32.5. The van der Waals surface area contributed by atoms with Crippen LogP contribution in [0.15, 0.2) is 48.8 Å². The van der Waals surface area contributed by atoms with E-state index >= 15 is 0 Å². The number of hydrogen-bond acceptors (Lipinski definition) is 3. The van der Waals surface area contributed by atoms with Crippen molar-refractivity contribution in [3.8, 4) is 0 Å². The van der Waals surface area contributed by atoms with Gasteiger partial charge in [0, 0.05) is 45.0 Å². The molecule has 0 radical (unpaired) electrons. The van der Waals surface area contributed by atoms with E-state index in [1.807, 2.05) is 21.9 Å². The summed E-state index contributed by atoms with van der Waals surface area (Å²) in [5.41, 5.74) is 3.51. The van der Waals surface area contributed by atoms with Gasteiger partial charge in [-0.1, -0.05) is 30.3 Å². The summed E-state index contributed by atoms with van der Waals surface area (Å²) in [6, 6.07) is 13.0. The minimum absolute atomic E-state index is 0.187. The van der Waals surface area contributed by atoms with Gasteiger partial charge in [0.25, 0.3) is 0 Å². The zero-order valence-electron chi connectivity index (χ0n) is 17.8. The number of carbonyl (C=O) groups excluding carboxylic acids is 2. The van der Waals surface area contributed by atoms with E-state index in [1.165, 1.54) is 11.1 Å². The fourth-order valence-electron chi connectivity index (χ4n) is 4.35. The summed E-state index contributed by atoms with van der Waals surface area (Å²) in [7, 11) is 0. The monoisotopic (exact) mass is 405 g/mol. The first-order chi connectivity index (χ1) is 14.6. The van der Waals surface area contributed by atoms with Crippen LogP contribution in [-0.4, -0.2) is 45.7 Å². The fourth-order valence-corrected chi connectivity index (χ4v) is 4.35. The first-order valence-electron chi connectivity index (χ1n) is 11.1. The summed E-state index contributed by atoms with van der Waals surface area (Å²) in [6.45, 7) is 4.10. The van der Waals surface area contributed by atoms with Crippen LogP contribution in [-0.2, 0) is 29.0 Å². The molecular formula is C25H31N3O2. The topological polar surface area (TPSA) is 53.5 Å². The number of amides is 2. The Hall–Kier alpha value is -2.69. The first kappa shape index (κ1) is 20.6. The highest BCUT2D eigenvalue weighted by molar-refractivity contribution is 5.79. The largest absolute Gasteiger partial charge is 0.343 e. The normalized spacial score (nSPS) is 17.0. The van der Waals surface area contributed by atoms with Crippen LogP contribution < -0.4 is 0 Å². The summed E-state index contributed by atoms with van der Waals surface area (Å²) in [6.07, 6.45) is 9.38. The molecule has 2 heterocycles. The number of aromatic nitrogens is 1. The molecule has 2 aromatic rings. The van der Waals surface area contributed by atoms with E-state index in [4.69, 9.17) is 0 Å². The number of piperidine rings is 1. The molecule has 5 nitrogen and oxygen atoms in total. The van der Waals surface area contributed by atoms with Crippen LogP contribution in [0.2, 0.25) is 0 Å². The Morgan fingerprint density at radius 2 is 1.70 bits per heavy atom. The molecule has 0 bridgehead atoms. The van der Waals surface area contributed by atoms with Crippen molar-refractivity contribution < 1.29 is 9.59 Å². The molecule has 2 amide bonds. The van der Waals surface area contributed by atoms with E-state index in [1.54, 1.807) is 19.3 Å². The third-order valence-corrected chi connectivity index (χ3v) is 6.35. The van der Waals surface area contributed by atoms with Gasteiger partial charge in [-0.2, -0.15) is 0 Å². The smallest absolute Gasteiger partial charge is 0.227 e. The first-order valence-corrected chi connectivity index (χ1v) is 11.1. The second kappa shape index (κ2) is 9.41. The summed E-state index contributed by atoms with van der Waals surface area (Å²) >= 11 is 0. The molecule has 158 valence electrons. The average Bonchev–Trinajstić information content (AvgIpc) is 3.59. The van der Waals surface area contributed by atoms with Gasteiger partial charge >= 0.3 is 0 Å². The Morgan fingerprint density at radius 1 is 1.00 bits per heavy atom. The van der Waals surface area contributed by atoms with Gasteiger partial charge in [-0.3, -0.25) is 14.6 Å². The van der Waals surface area contributed by atoms with Crippen molar-refractivity contribution in [2.24, 2.45) is 5.92 Å². The molecule has 1 aromatic heterocycles. The summed E-state index contributed by atoms with van der Waals surface area (Å²) < 4.78 is 0. The van der Waals surface area contributed by atoms with Crippen LogP contribution in [0.5, 0.6) is 0 Å². The molecule has 5 heteroatoms. The maximum atomic E-state index is 12.9. The average molecular weight is 406 g/mol. The lowest BCUT2D eigenvalue weighted by Gasteiger charge is -2.31. The van der Waals surface area contributed by atoms with Gasteiger partial charge in [-0.25, -0.2) is 0 Å². The van der Waals surface area contributed by atoms with Crippen LogP contribution in [0.25, 0.3) is 0 Å². The zero-order valence-corrected chi connectivity index (χ0v) is 17.8. The molecule has 1 aliphatic carbocycles. The van der Waals surface area contributed by atoms with E-state index in [-0.39, 0.29) is 11.8 Å². The van der Waals surface area contributed by atoms with Gasteiger partial charge in [0.05, 0.1) is 6.42 Å². The Kier molecular flexibility index (Phi) is 6.46. The molecule has 0 atom stereocenters. The highest BCUT2D eigenvalue weighted by atomic mass is 16.2. The third kappa shape index (κ3) is 5.47. The minimum atomic E-state index is 0.187. The van der Waals surface area contributed by atoms with Crippen LogP contribution in [0.1, 0.15) is 49.3 Å². The number of pyridine rings is 1. The maximum Gasteiger partial charge on any atom is 0.227 e. The number of likely N-dealkylation sites (tertiary alicyclic amines) is 1. The van der Waals surface area contributed by atoms with Crippen molar-refractivity contribution in [2.75, 3.05) is 13.1 Å². The molecule has 0 N–H and O–H groups in total. The van der Waals surface area contributed by atoms with E-state index in [0.29, 0.717) is 24.9 Å². The molecule has 1 saturated carbocycles. The van der Waals surface area contributed by atoms with E-state index < -0.39 is 0 Å². The van der Waals surface area contributed by atoms with Crippen LogP contribution in [0.3, 0.4) is 0 Å². The number of benzene rings is 1. The molecule has 30 heavy (non-hydrogen) atoms. The molecule has 1 aliphatic heterocycles. The number of rotatable bonds is 7. The number of nitrogens with zero attached hydrogens (tertiary/aromatic N) is 3. The number of carbonyl (C=O) groups is 2. The zero-order chi connectivity index (χ0) is 20.9. The SMILES string of the molecule is CC(=O)N1CCC(Cc2ccc(CN(C(=O)Cc3cccnc3)C3CC3)cc2)CC1. The van der Waals surface area contributed by atoms with Crippen molar-refractivity contribution in [1.29, 1.82) is 0 Å². The van der Waals surface area contributed by atoms with Gasteiger partial charge in [-0.05, 0) is 60.8 Å². The molecule has 1 aromatic carbocycles. The maximum absolute atomic E-state index is 12.9. The quantitative estimate of drug-likeness (QED) is 0.707. The lowest BCUT2D eigenvalue weighted by Crippen LogP contribution is -2.37. The van der Waals surface area contributed by atoms with Gasteiger partial charge in [0.2, 0.25) is 11.8 Å². The second-order valence-corrected chi connectivity index (χ2v) is 8.76. The minimum Gasteiger partial charge on any atom is -0.343 e. The van der Waals surface area contributed by atoms with Crippen molar-refractivity contribution in [3.63, 3.8) is 0 Å². The second-order valence-electron chi connectivity index (χ2n) is 8.76. The van der Waals surface area contributed by atoms with Gasteiger partial charge in [-0.15, -0.1) is 0 Å². The Labute approximate surface area is 179 Å². The Balaban J connectivity index is 1.32. The lowest BCUT2D eigenvalue weighted by atomic mass is 9.90.